The minimum Gasteiger partial charge on any atom is -0.382 e. The third-order valence-corrected chi connectivity index (χ3v) is 3.04. The van der Waals surface area contributed by atoms with Crippen LogP contribution in [0.1, 0.15) is 45.6 Å². The second-order valence-corrected chi connectivity index (χ2v) is 4.75. The summed E-state index contributed by atoms with van der Waals surface area (Å²) in [6.45, 7) is 7.94. The van der Waals surface area contributed by atoms with Gasteiger partial charge in [0.25, 0.3) is 0 Å². The lowest BCUT2D eigenvalue weighted by molar-refractivity contribution is -0.114. The maximum atomic E-state index is 11.0. The SMILES string of the molecule is CCCC(CC)Nc1ccc(NC(C)=O)c(C)c1. The molecule has 0 saturated carbocycles. The van der Waals surface area contributed by atoms with E-state index in [4.69, 9.17) is 0 Å². The molecule has 0 aliphatic carbocycles. The van der Waals surface area contributed by atoms with E-state index in [9.17, 15) is 4.79 Å². The van der Waals surface area contributed by atoms with Crippen LogP contribution in [0.4, 0.5) is 11.4 Å². The molecule has 0 spiro atoms. The fraction of sp³-hybridized carbons (Fsp3) is 0.533. The van der Waals surface area contributed by atoms with Crippen LogP contribution in [0.2, 0.25) is 0 Å². The van der Waals surface area contributed by atoms with Gasteiger partial charge in [-0.1, -0.05) is 20.3 Å². The Morgan fingerprint density at radius 3 is 2.56 bits per heavy atom. The maximum Gasteiger partial charge on any atom is 0.221 e. The highest BCUT2D eigenvalue weighted by Gasteiger charge is 2.06. The van der Waals surface area contributed by atoms with E-state index >= 15 is 0 Å². The number of nitrogens with one attached hydrogen (secondary N) is 2. The van der Waals surface area contributed by atoms with Crippen LogP contribution < -0.4 is 10.6 Å². The molecule has 1 atom stereocenters. The van der Waals surface area contributed by atoms with Gasteiger partial charge in [-0.3, -0.25) is 4.79 Å². The Hall–Kier alpha value is -1.51. The van der Waals surface area contributed by atoms with Gasteiger partial charge < -0.3 is 10.6 Å². The summed E-state index contributed by atoms with van der Waals surface area (Å²) in [5.74, 6) is -0.0313. The molecule has 0 aromatic heterocycles. The summed E-state index contributed by atoms with van der Waals surface area (Å²) in [4.78, 5) is 11.0. The molecule has 1 aromatic carbocycles. The first-order valence-electron chi connectivity index (χ1n) is 6.71. The van der Waals surface area contributed by atoms with Gasteiger partial charge >= 0.3 is 0 Å². The highest BCUT2D eigenvalue weighted by Crippen LogP contribution is 2.21. The van der Waals surface area contributed by atoms with E-state index < -0.39 is 0 Å². The molecule has 1 amide bonds. The van der Waals surface area contributed by atoms with Gasteiger partial charge in [0.15, 0.2) is 0 Å². The lowest BCUT2D eigenvalue weighted by atomic mass is 10.1. The molecule has 0 fully saturated rings. The molecule has 18 heavy (non-hydrogen) atoms. The fourth-order valence-electron chi connectivity index (χ4n) is 2.05. The fourth-order valence-corrected chi connectivity index (χ4v) is 2.05. The average molecular weight is 248 g/mol. The van der Waals surface area contributed by atoms with Crippen LogP contribution in [0.5, 0.6) is 0 Å². The summed E-state index contributed by atoms with van der Waals surface area (Å²) in [7, 11) is 0. The molecule has 1 unspecified atom stereocenters. The standard InChI is InChI=1S/C15H24N2O/c1-5-7-13(6-2)17-14-8-9-15(11(3)10-14)16-12(4)18/h8-10,13,17H,5-7H2,1-4H3,(H,16,18). The molecule has 3 nitrogen and oxygen atoms in total. The molecule has 0 radical (unpaired) electrons. The zero-order chi connectivity index (χ0) is 13.5. The lowest BCUT2D eigenvalue weighted by Gasteiger charge is -2.18. The number of anilines is 2. The van der Waals surface area contributed by atoms with Crippen LogP contribution in [0.3, 0.4) is 0 Å². The number of amides is 1. The second-order valence-electron chi connectivity index (χ2n) is 4.75. The molecule has 3 heteroatoms. The smallest absolute Gasteiger partial charge is 0.221 e. The van der Waals surface area contributed by atoms with Crippen molar-refractivity contribution in [1.82, 2.24) is 0 Å². The third kappa shape index (κ3) is 4.40. The van der Waals surface area contributed by atoms with Gasteiger partial charge in [0.05, 0.1) is 0 Å². The molecule has 0 bridgehead atoms. The zero-order valence-corrected chi connectivity index (χ0v) is 11.8. The van der Waals surface area contributed by atoms with Gasteiger partial charge in [0.1, 0.15) is 0 Å². The Morgan fingerprint density at radius 1 is 1.33 bits per heavy atom. The van der Waals surface area contributed by atoms with Crippen molar-refractivity contribution in [2.24, 2.45) is 0 Å². The van der Waals surface area contributed by atoms with E-state index in [0.29, 0.717) is 6.04 Å². The topological polar surface area (TPSA) is 41.1 Å². The predicted molar refractivity (Wildman–Crippen MR) is 78.1 cm³/mol. The molecular formula is C15H24N2O. The molecule has 2 N–H and O–H groups in total. The van der Waals surface area contributed by atoms with Gasteiger partial charge in [0, 0.05) is 24.3 Å². The van der Waals surface area contributed by atoms with E-state index in [1.54, 1.807) is 0 Å². The van der Waals surface area contributed by atoms with Crippen molar-refractivity contribution in [3.8, 4) is 0 Å². The summed E-state index contributed by atoms with van der Waals surface area (Å²) >= 11 is 0. The molecule has 0 heterocycles. The largest absolute Gasteiger partial charge is 0.382 e. The number of carbonyl (C=O) groups excluding carboxylic acids is 1. The van der Waals surface area contributed by atoms with E-state index in [1.807, 2.05) is 19.1 Å². The van der Waals surface area contributed by atoms with Gasteiger partial charge in [-0.25, -0.2) is 0 Å². The summed E-state index contributed by atoms with van der Waals surface area (Å²) in [6.07, 6.45) is 3.50. The van der Waals surface area contributed by atoms with Crippen molar-refractivity contribution in [3.63, 3.8) is 0 Å². The molecule has 1 aromatic rings. The van der Waals surface area contributed by atoms with Crippen molar-refractivity contribution in [2.75, 3.05) is 10.6 Å². The van der Waals surface area contributed by atoms with E-state index in [2.05, 4.69) is 30.5 Å². The van der Waals surface area contributed by atoms with Crippen molar-refractivity contribution in [1.29, 1.82) is 0 Å². The summed E-state index contributed by atoms with van der Waals surface area (Å²) in [5, 5.41) is 6.36. The number of aryl methyl sites for hydroxylation is 1. The summed E-state index contributed by atoms with van der Waals surface area (Å²) in [5.41, 5.74) is 3.10. The van der Waals surface area contributed by atoms with Crippen LogP contribution >= 0.6 is 0 Å². The number of carbonyl (C=O) groups is 1. The average Bonchev–Trinajstić information content (AvgIpc) is 2.31. The van der Waals surface area contributed by atoms with Crippen molar-refractivity contribution >= 4 is 17.3 Å². The highest BCUT2D eigenvalue weighted by atomic mass is 16.1. The normalized spacial score (nSPS) is 12.0. The first kappa shape index (κ1) is 14.6. The molecule has 0 saturated heterocycles. The first-order chi connectivity index (χ1) is 8.56. The summed E-state index contributed by atoms with van der Waals surface area (Å²) in [6, 6.07) is 6.60. The Kier molecular flexibility index (Phi) is 5.69. The van der Waals surface area contributed by atoms with Crippen LogP contribution in [-0.2, 0) is 4.79 Å². The molecule has 0 aliphatic heterocycles. The monoisotopic (exact) mass is 248 g/mol. The van der Waals surface area contributed by atoms with Gasteiger partial charge in [-0.15, -0.1) is 0 Å². The Balaban J connectivity index is 2.74. The van der Waals surface area contributed by atoms with Crippen LogP contribution in [0.15, 0.2) is 18.2 Å². The van der Waals surface area contributed by atoms with Crippen molar-refractivity contribution in [3.05, 3.63) is 23.8 Å². The zero-order valence-electron chi connectivity index (χ0n) is 11.8. The van der Waals surface area contributed by atoms with Crippen molar-refractivity contribution < 1.29 is 4.79 Å². The molecule has 100 valence electrons. The van der Waals surface area contributed by atoms with Gasteiger partial charge in [-0.2, -0.15) is 0 Å². The Morgan fingerprint density at radius 2 is 2.06 bits per heavy atom. The van der Waals surface area contributed by atoms with Crippen LogP contribution in [-0.4, -0.2) is 11.9 Å². The number of hydrogen-bond acceptors (Lipinski definition) is 2. The van der Waals surface area contributed by atoms with Gasteiger partial charge in [-0.05, 0) is 43.5 Å². The van der Waals surface area contributed by atoms with E-state index in [-0.39, 0.29) is 5.91 Å². The Bertz CT molecular complexity index is 401. The molecular weight excluding hydrogens is 224 g/mol. The van der Waals surface area contributed by atoms with Crippen molar-refractivity contribution in [2.45, 2.75) is 53.0 Å². The predicted octanol–water partition coefficient (Wildman–Crippen LogP) is 3.94. The number of benzene rings is 1. The molecule has 1 rings (SSSR count). The first-order valence-corrected chi connectivity index (χ1v) is 6.71. The van der Waals surface area contributed by atoms with Gasteiger partial charge in [0.2, 0.25) is 5.91 Å². The number of rotatable bonds is 6. The second kappa shape index (κ2) is 7.04. The Labute approximate surface area is 110 Å². The molecule has 0 aliphatic rings. The van der Waals surface area contributed by atoms with E-state index in [0.717, 1.165) is 23.4 Å². The minimum atomic E-state index is -0.0313. The summed E-state index contributed by atoms with van der Waals surface area (Å²) < 4.78 is 0. The third-order valence-electron chi connectivity index (χ3n) is 3.04. The minimum absolute atomic E-state index is 0.0313. The van der Waals surface area contributed by atoms with E-state index in [1.165, 1.54) is 19.8 Å². The number of hydrogen-bond donors (Lipinski definition) is 2. The highest BCUT2D eigenvalue weighted by molar-refractivity contribution is 5.89. The van der Waals surface area contributed by atoms with Crippen LogP contribution in [0, 0.1) is 6.92 Å². The maximum absolute atomic E-state index is 11.0. The lowest BCUT2D eigenvalue weighted by Crippen LogP contribution is -2.18. The van der Waals surface area contributed by atoms with Crippen LogP contribution in [0.25, 0.3) is 0 Å². The quantitative estimate of drug-likeness (QED) is 0.800.